The second-order valence-electron chi connectivity index (χ2n) is 8.43. The van der Waals surface area contributed by atoms with Crippen LogP contribution in [0, 0.1) is 0 Å². The minimum atomic E-state index is -0.119. The minimum absolute atomic E-state index is 0.0196. The Hall–Kier alpha value is -3.39. The molecule has 0 aromatic heterocycles. The van der Waals surface area contributed by atoms with Crippen LogP contribution in [0.2, 0.25) is 0 Å². The fourth-order valence-electron chi connectivity index (χ4n) is 4.46. The summed E-state index contributed by atoms with van der Waals surface area (Å²) in [5, 5.41) is 5.44. The summed E-state index contributed by atoms with van der Waals surface area (Å²) >= 11 is 1.58. The van der Waals surface area contributed by atoms with Crippen LogP contribution in [0.5, 0.6) is 5.75 Å². The van der Waals surface area contributed by atoms with E-state index in [-0.39, 0.29) is 11.3 Å². The Labute approximate surface area is 202 Å². The number of aromatic nitrogens is 4. The van der Waals surface area contributed by atoms with Gasteiger partial charge in [-0.25, -0.2) is 4.98 Å². The average Bonchev–Trinajstić information content (AvgIpc) is 3.02. The van der Waals surface area contributed by atoms with Crippen molar-refractivity contribution in [2.75, 3.05) is 7.11 Å². The lowest BCUT2D eigenvalue weighted by atomic mass is 10.1. The number of Topliss-reactive ketones (excluding diaryl/α,β-unsaturated/α-hetero) is 1. The first kappa shape index (κ1) is 22.4. The highest BCUT2D eigenvalue weighted by atomic mass is 32.2. The van der Waals surface area contributed by atoms with E-state index in [9.17, 15) is 9.59 Å². The van der Waals surface area contributed by atoms with Crippen molar-refractivity contribution >= 4 is 17.5 Å². The number of rotatable bonds is 6. The lowest BCUT2D eigenvalue weighted by Crippen LogP contribution is -2.19. The first-order valence-corrected chi connectivity index (χ1v) is 12.4. The molecule has 8 heteroatoms. The zero-order valence-corrected chi connectivity index (χ0v) is 20.1. The van der Waals surface area contributed by atoms with Crippen molar-refractivity contribution in [1.29, 1.82) is 0 Å². The molecule has 0 N–H and O–H groups in total. The maximum absolute atomic E-state index is 13.4. The molecule has 174 valence electrons. The third kappa shape index (κ3) is 4.14. The maximum Gasteiger partial charge on any atom is 0.284 e. The molecule has 0 unspecified atom stereocenters. The van der Waals surface area contributed by atoms with Gasteiger partial charge in [0.05, 0.1) is 12.8 Å². The second kappa shape index (κ2) is 9.46. The number of para-hydroxylation sites is 1. The highest BCUT2D eigenvalue weighted by molar-refractivity contribution is 7.98. The number of thioether (sulfide) groups is 1. The topological polar surface area (TPSA) is 79.0 Å². The summed E-state index contributed by atoms with van der Waals surface area (Å²) in [5.41, 5.74) is 3.84. The second-order valence-corrected chi connectivity index (χ2v) is 9.37. The molecular formula is C26H26N4O3S. The van der Waals surface area contributed by atoms with Gasteiger partial charge in [-0.1, -0.05) is 36.4 Å². The molecule has 0 spiro atoms. The molecule has 2 aromatic rings. The van der Waals surface area contributed by atoms with Crippen LogP contribution in [0.25, 0.3) is 17.1 Å². The molecule has 2 aromatic carbocycles. The molecule has 0 fully saturated rings. The molecule has 3 aliphatic heterocycles. The van der Waals surface area contributed by atoms with E-state index < -0.39 is 0 Å². The van der Waals surface area contributed by atoms with Crippen molar-refractivity contribution in [2.24, 2.45) is 0 Å². The van der Waals surface area contributed by atoms with E-state index in [1.807, 2.05) is 42.5 Å². The molecule has 34 heavy (non-hydrogen) atoms. The van der Waals surface area contributed by atoms with Crippen molar-refractivity contribution in [3.05, 3.63) is 75.7 Å². The number of carbonyl (C=O) groups is 1. The molecule has 7 nitrogen and oxygen atoms in total. The van der Waals surface area contributed by atoms with E-state index in [1.165, 1.54) is 4.68 Å². The number of hydrogen-bond acceptors (Lipinski definition) is 6. The molecule has 0 bridgehead atoms. The standard InChI is InChI=1S/C26H26N4O3S/c1-17(31)18-12-13-22(33-2)19(15-18)16-34-26-27-24-23(21-11-7-4-8-14-29(21)26)25(32)30(28-24)20-9-5-3-6-10-20/h3,5-6,9-10,12-13,15H,4,7-8,11,14,16H2,1-2H3. The average molecular weight is 475 g/mol. The van der Waals surface area contributed by atoms with Gasteiger partial charge in [0.15, 0.2) is 16.8 Å². The predicted molar refractivity (Wildman–Crippen MR) is 132 cm³/mol. The van der Waals surface area contributed by atoms with Crippen LogP contribution in [-0.4, -0.2) is 32.2 Å². The first-order valence-electron chi connectivity index (χ1n) is 11.5. The van der Waals surface area contributed by atoms with Crippen LogP contribution < -0.4 is 10.3 Å². The number of nitrogens with zero attached hydrogens (tertiary/aromatic N) is 4. The molecule has 5 rings (SSSR count). The van der Waals surface area contributed by atoms with Gasteiger partial charge in [-0.3, -0.25) is 9.59 Å². The summed E-state index contributed by atoms with van der Waals surface area (Å²) in [5.74, 6) is 1.83. The number of benzene rings is 2. The predicted octanol–water partition coefficient (Wildman–Crippen LogP) is 4.76. The van der Waals surface area contributed by atoms with Crippen LogP contribution in [0.3, 0.4) is 0 Å². The van der Waals surface area contributed by atoms with Crippen molar-refractivity contribution < 1.29 is 9.53 Å². The molecule has 0 saturated heterocycles. The van der Waals surface area contributed by atoms with E-state index in [0.717, 1.165) is 60.1 Å². The lowest BCUT2D eigenvalue weighted by Gasteiger charge is -2.18. The van der Waals surface area contributed by atoms with Crippen molar-refractivity contribution in [3.8, 4) is 22.8 Å². The van der Waals surface area contributed by atoms with Crippen molar-refractivity contribution in [3.63, 3.8) is 0 Å². The first-order chi connectivity index (χ1) is 16.6. The van der Waals surface area contributed by atoms with Crippen LogP contribution in [0.15, 0.2) is 58.5 Å². The summed E-state index contributed by atoms with van der Waals surface area (Å²) in [6.45, 7) is 2.38. The van der Waals surface area contributed by atoms with Gasteiger partial charge in [-0.15, -0.1) is 5.10 Å². The highest BCUT2D eigenvalue weighted by Gasteiger charge is 2.27. The molecule has 0 amide bonds. The quantitative estimate of drug-likeness (QED) is 0.228. The maximum atomic E-state index is 13.4. The summed E-state index contributed by atoms with van der Waals surface area (Å²) in [6, 6.07) is 15.0. The fourth-order valence-corrected chi connectivity index (χ4v) is 5.48. The molecular weight excluding hydrogens is 448 g/mol. The monoisotopic (exact) mass is 474 g/mol. The highest BCUT2D eigenvalue weighted by Crippen LogP contribution is 2.33. The summed E-state index contributed by atoms with van der Waals surface area (Å²) in [7, 11) is 1.63. The van der Waals surface area contributed by atoms with E-state index in [1.54, 1.807) is 31.9 Å². The Kier molecular flexibility index (Phi) is 6.24. The van der Waals surface area contributed by atoms with E-state index in [0.29, 0.717) is 22.7 Å². The zero-order valence-electron chi connectivity index (χ0n) is 19.3. The van der Waals surface area contributed by atoms with Crippen molar-refractivity contribution in [1.82, 2.24) is 19.3 Å². The summed E-state index contributed by atoms with van der Waals surface area (Å²) in [6.07, 6.45) is 4.02. The molecule has 0 atom stereocenters. The zero-order chi connectivity index (χ0) is 23.7. The van der Waals surface area contributed by atoms with E-state index in [4.69, 9.17) is 9.72 Å². The SMILES string of the molecule is COc1ccc(C(C)=O)cc1CSc1nc2nn(-c3ccccc3)c(=O)c-2c2n1CCCCC2. The van der Waals surface area contributed by atoms with Crippen molar-refractivity contribution in [2.45, 2.75) is 50.1 Å². The number of hydrogen-bond donors (Lipinski definition) is 0. The number of methoxy groups -OCH3 is 1. The number of ketones is 1. The van der Waals surface area contributed by atoms with Gasteiger partial charge < -0.3 is 9.30 Å². The van der Waals surface area contributed by atoms with Gasteiger partial charge in [0.1, 0.15) is 11.3 Å². The number of fused-ring (bicyclic) bond motifs is 3. The third-order valence-electron chi connectivity index (χ3n) is 6.21. The van der Waals surface area contributed by atoms with Gasteiger partial charge in [-0.05, 0) is 56.5 Å². The Morgan fingerprint density at radius 1 is 1.12 bits per heavy atom. The summed E-state index contributed by atoms with van der Waals surface area (Å²) in [4.78, 5) is 30.1. The van der Waals surface area contributed by atoms with Gasteiger partial charge in [0, 0.05) is 29.1 Å². The molecule has 0 saturated carbocycles. The minimum Gasteiger partial charge on any atom is -0.496 e. The number of ether oxygens (including phenoxy) is 1. The van der Waals surface area contributed by atoms with Crippen LogP contribution >= 0.6 is 11.8 Å². The van der Waals surface area contributed by atoms with Crippen LogP contribution in [0.1, 0.15) is 47.8 Å². The Morgan fingerprint density at radius 3 is 2.71 bits per heavy atom. The van der Waals surface area contributed by atoms with Crippen LogP contribution in [0.4, 0.5) is 0 Å². The Morgan fingerprint density at radius 2 is 1.94 bits per heavy atom. The molecule has 0 radical (unpaired) electrons. The summed E-state index contributed by atoms with van der Waals surface area (Å²) < 4.78 is 9.18. The largest absolute Gasteiger partial charge is 0.496 e. The van der Waals surface area contributed by atoms with Gasteiger partial charge in [0.25, 0.3) is 5.56 Å². The van der Waals surface area contributed by atoms with E-state index >= 15 is 0 Å². The van der Waals surface area contributed by atoms with Crippen LogP contribution in [-0.2, 0) is 18.7 Å². The van der Waals surface area contributed by atoms with Gasteiger partial charge >= 0.3 is 0 Å². The lowest BCUT2D eigenvalue weighted by molar-refractivity contribution is 0.101. The number of carbonyl (C=O) groups excluding carboxylic acids is 1. The Bertz CT molecular complexity index is 1380. The smallest absolute Gasteiger partial charge is 0.284 e. The molecule has 0 aliphatic carbocycles. The third-order valence-corrected chi connectivity index (χ3v) is 7.24. The van der Waals surface area contributed by atoms with Gasteiger partial charge in [-0.2, -0.15) is 4.68 Å². The Balaban J connectivity index is 1.59. The normalized spacial score (nSPS) is 13.5. The molecule has 3 aliphatic rings. The molecule has 3 heterocycles. The fraction of sp³-hybridized carbons (Fsp3) is 0.308. The van der Waals surface area contributed by atoms with Gasteiger partial charge in [0.2, 0.25) is 0 Å². The van der Waals surface area contributed by atoms with E-state index in [2.05, 4.69) is 9.67 Å².